The maximum absolute atomic E-state index is 5.55. The molecule has 3 heteroatoms. The minimum absolute atomic E-state index is 0.104. The first-order chi connectivity index (χ1) is 6.79. The van der Waals surface area contributed by atoms with Crippen molar-refractivity contribution < 1.29 is 4.74 Å². The quantitative estimate of drug-likeness (QED) is 0.518. The minimum atomic E-state index is 0.104. The van der Waals surface area contributed by atoms with Gasteiger partial charge in [0.25, 0.3) is 0 Å². The van der Waals surface area contributed by atoms with Crippen LogP contribution in [-0.4, -0.2) is 26.4 Å². The van der Waals surface area contributed by atoms with Crippen LogP contribution >= 0.6 is 0 Å². The lowest BCUT2D eigenvalue weighted by atomic mass is 9.75. The molecular formula is C11H22N2O. The summed E-state index contributed by atoms with van der Waals surface area (Å²) in [7, 11) is 1.95. The van der Waals surface area contributed by atoms with Crippen LogP contribution in [0.25, 0.3) is 0 Å². The summed E-state index contributed by atoms with van der Waals surface area (Å²) in [4.78, 5) is 0. The Morgan fingerprint density at radius 3 is 2.64 bits per heavy atom. The maximum atomic E-state index is 5.55. The maximum Gasteiger partial charge on any atom is 0.154 e. The summed E-state index contributed by atoms with van der Waals surface area (Å²) in [5.74, 6) is 0. The fourth-order valence-corrected chi connectivity index (χ4v) is 2.34. The molecule has 0 spiro atoms. The Labute approximate surface area is 86.9 Å². The molecule has 1 aliphatic heterocycles. The molecule has 0 aliphatic carbocycles. The second-order valence-electron chi connectivity index (χ2n) is 3.94. The number of rotatable bonds is 5. The van der Waals surface area contributed by atoms with E-state index in [1.54, 1.807) is 6.26 Å². The minimum Gasteiger partial charge on any atom is -0.483 e. The van der Waals surface area contributed by atoms with Crippen molar-refractivity contribution in [2.75, 3.05) is 20.1 Å². The first-order valence-electron chi connectivity index (χ1n) is 5.43. The molecule has 0 saturated carbocycles. The average molecular weight is 198 g/mol. The van der Waals surface area contributed by atoms with Gasteiger partial charge in [0.15, 0.2) is 6.23 Å². The Morgan fingerprint density at radius 2 is 2.21 bits per heavy atom. The summed E-state index contributed by atoms with van der Waals surface area (Å²) in [6.07, 6.45) is 5.13. The fraction of sp³-hybridized carbons (Fsp3) is 0.818. The first kappa shape index (κ1) is 11.5. The van der Waals surface area contributed by atoms with Gasteiger partial charge in [0.1, 0.15) is 0 Å². The standard InChI is InChI=1S/C11H22N2O/c1-4-11(6-8-13-9-7-11)10(12-3)14-5-2/h5,10,12-13H,2,4,6-9H2,1,3H3. The number of hydrogen-bond acceptors (Lipinski definition) is 3. The topological polar surface area (TPSA) is 33.3 Å². The molecule has 1 saturated heterocycles. The summed E-state index contributed by atoms with van der Waals surface area (Å²) < 4.78 is 5.55. The smallest absolute Gasteiger partial charge is 0.154 e. The van der Waals surface area contributed by atoms with Gasteiger partial charge < -0.3 is 10.1 Å². The van der Waals surface area contributed by atoms with E-state index >= 15 is 0 Å². The zero-order valence-corrected chi connectivity index (χ0v) is 9.31. The van der Waals surface area contributed by atoms with Gasteiger partial charge in [0.05, 0.1) is 6.26 Å². The summed E-state index contributed by atoms with van der Waals surface area (Å²) in [6, 6.07) is 0. The van der Waals surface area contributed by atoms with E-state index in [1.807, 2.05) is 7.05 Å². The van der Waals surface area contributed by atoms with Crippen LogP contribution in [0.2, 0.25) is 0 Å². The molecule has 82 valence electrons. The zero-order chi connectivity index (χ0) is 10.4. The normalized spacial score (nSPS) is 22.7. The van der Waals surface area contributed by atoms with Crippen molar-refractivity contribution in [2.24, 2.45) is 5.41 Å². The van der Waals surface area contributed by atoms with Crippen molar-refractivity contribution in [3.8, 4) is 0 Å². The van der Waals surface area contributed by atoms with Crippen LogP contribution in [0.4, 0.5) is 0 Å². The van der Waals surface area contributed by atoms with Gasteiger partial charge >= 0.3 is 0 Å². The molecule has 0 radical (unpaired) electrons. The second kappa shape index (κ2) is 5.37. The van der Waals surface area contributed by atoms with Gasteiger partial charge in [-0.3, -0.25) is 5.32 Å². The SMILES string of the molecule is C=COC(NC)C1(CC)CCNCC1. The van der Waals surface area contributed by atoms with E-state index in [0.29, 0.717) is 0 Å². The van der Waals surface area contributed by atoms with Crippen molar-refractivity contribution in [1.82, 2.24) is 10.6 Å². The Kier molecular flexibility index (Phi) is 4.42. The highest BCUT2D eigenvalue weighted by molar-refractivity contribution is 4.89. The largest absolute Gasteiger partial charge is 0.483 e. The van der Waals surface area contributed by atoms with Crippen molar-refractivity contribution in [3.63, 3.8) is 0 Å². The number of nitrogens with one attached hydrogen (secondary N) is 2. The van der Waals surface area contributed by atoms with E-state index in [9.17, 15) is 0 Å². The third kappa shape index (κ3) is 2.28. The van der Waals surface area contributed by atoms with Gasteiger partial charge in [-0.15, -0.1) is 0 Å². The van der Waals surface area contributed by atoms with E-state index in [4.69, 9.17) is 4.74 Å². The van der Waals surface area contributed by atoms with Crippen LogP contribution in [-0.2, 0) is 4.74 Å². The zero-order valence-electron chi connectivity index (χ0n) is 9.31. The lowest BCUT2D eigenvalue weighted by Gasteiger charge is -2.42. The van der Waals surface area contributed by atoms with Gasteiger partial charge in [-0.25, -0.2) is 0 Å². The highest BCUT2D eigenvalue weighted by atomic mass is 16.5. The molecule has 0 aromatic rings. The van der Waals surface area contributed by atoms with Crippen LogP contribution in [0.5, 0.6) is 0 Å². The molecule has 1 aliphatic rings. The molecule has 14 heavy (non-hydrogen) atoms. The lowest BCUT2D eigenvalue weighted by molar-refractivity contribution is -0.0297. The molecule has 1 heterocycles. The third-order valence-corrected chi connectivity index (χ3v) is 3.35. The van der Waals surface area contributed by atoms with E-state index < -0.39 is 0 Å². The van der Waals surface area contributed by atoms with Crippen molar-refractivity contribution in [2.45, 2.75) is 32.4 Å². The third-order valence-electron chi connectivity index (χ3n) is 3.35. The molecule has 2 N–H and O–H groups in total. The van der Waals surface area contributed by atoms with Gasteiger partial charge in [0, 0.05) is 5.41 Å². The Hall–Kier alpha value is -0.540. The van der Waals surface area contributed by atoms with Crippen molar-refractivity contribution in [3.05, 3.63) is 12.8 Å². The average Bonchev–Trinajstić information content (AvgIpc) is 2.27. The van der Waals surface area contributed by atoms with Crippen molar-refractivity contribution in [1.29, 1.82) is 0 Å². The van der Waals surface area contributed by atoms with Gasteiger partial charge in [-0.05, 0) is 39.4 Å². The Bertz CT molecular complexity index is 176. The molecule has 1 rings (SSSR count). The number of ether oxygens (including phenoxy) is 1. The number of hydrogen-bond donors (Lipinski definition) is 2. The first-order valence-corrected chi connectivity index (χ1v) is 5.43. The van der Waals surface area contributed by atoms with Crippen LogP contribution in [0.1, 0.15) is 26.2 Å². The molecule has 0 bridgehead atoms. The summed E-state index contributed by atoms with van der Waals surface area (Å²) in [5, 5.41) is 6.63. The summed E-state index contributed by atoms with van der Waals surface area (Å²) >= 11 is 0. The monoisotopic (exact) mass is 198 g/mol. The predicted octanol–water partition coefficient (Wildman–Crippen LogP) is 1.47. The van der Waals surface area contributed by atoms with Crippen molar-refractivity contribution >= 4 is 0 Å². The van der Waals surface area contributed by atoms with E-state index in [0.717, 1.165) is 19.5 Å². The van der Waals surface area contributed by atoms with Crippen LogP contribution in [0, 0.1) is 5.41 Å². The molecular weight excluding hydrogens is 176 g/mol. The number of piperidine rings is 1. The molecule has 1 atom stereocenters. The molecule has 1 unspecified atom stereocenters. The van der Waals surface area contributed by atoms with Crippen LogP contribution in [0.3, 0.4) is 0 Å². The molecule has 1 fully saturated rings. The van der Waals surface area contributed by atoms with Gasteiger partial charge in [-0.2, -0.15) is 0 Å². The molecule has 3 nitrogen and oxygen atoms in total. The van der Waals surface area contributed by atoms with Gasteiger partial charge in [-0.1, -0.05) is 13.5 Å². The Balaban J connectivity index is 2.68. The highest BCUT2D eigenvalue weighted by Crippen LogP contribution is 2.36. The fourth-order valence-electron chi connectivity index (χ4n) is 2.34. The predicted molar refractivity (Wildman–Crippen MR) is 59.0 cm³/mol. The molecule has 0 aromatic carbocycles. The van der Waals surface area contributed by atoms with Crippen LogP contribution < -0.4 is 10.6 Å². The van der Waals surface area contributed by atoms with E-state index in [2.05, 4.69) is 24.1 Å². The van der Waals surface area contributed by atoms with Gasteiger partial charge in [0.2, 0.25) is 0 Å². The molecule has 0 amide bonds. The summed E-state index contributed by atoms with van der Waals surface area (Å²) in [5.41, 5.74) is 0.272. The second-order valence-corrected chi connectivity index (χ2v) is 3.94. The Morgan fingerprint density at radius 1 is 1.57 bits per heavy atom. The van der Waals surface area contributed by atoms with E-state index in [1.165, 1.54) is 12.8 Å². The summed E-state index contributed by atoms with van der Waals surface area (Å²) in [6.45, 7) is 8.05. The highest BCUT2D eigenvalue weighted by Gasteiger charge is 2.38. The molecule has 0 aromatic heterocycles. The lowest BCUT2D eigenvalue weighted by Crippen LogP contribution is -2.50. The van der Waals surface area contributed by atoms with Crippen LogP contribution in [0.15, 0.2) is 12.8 Å². The van der Waals surface area contributed by atoms with E-state index in [-0.39, 0.29) is 11.6 Å².